The predicted octanol–water partition coefficient (Wildman–Crippen LogP) is 0.927. The summed E-state index contributed by atoms with van der Waals surface area (Å²) in [5.74, 6) is -2.18. The standard InChI is InChI=1S/C12H12F2N2O2/c13-9-5-8(6-10(14)7-9)12(18)16-3-1-11(17)15-2-4-16/h5-7H,1-4H2,(H,15,17). The van der Waals surface area contributed by atoms with Crippen LogP contribution in [0.3, 0.4) is 0 Å². The largest absolute Gasteiger partial charge is 0.354 e. The maximum absolute atomic E-state index is 13.0. The lowest BCUT2D eigenvalue weighted by atomic mass is 10.2. The van der Waals surface area contributed by atoms with E-state index in [1.807, 2.05) is 0 Å². The van der Waals surface area contributed by atoms with Gasteiger partial charge in [-0.05, 0) is 12.1 Å². The number of hydrogen-bond acceptors (Lipinski definition) is 2. The van der Waals surface area contributed by atoms with Gasteiger partial charge >= 0.3 is 0 Å². The summed E-state index contributed by atoms with van der Waals surface area (Å²) >= 11 is 0. The molecule has 18 heavy (non-hydrogen) atoms. The SMILES string of the molecule is O=C1CCN(C(=O)c2cc(F)cc(F)c2)CCN1. The van der Waals surface area contributed by atoms with Gasteiger partial charge in [0.1, 0.15) is 11.6 Å². The highest BCUT2D eigenvalue weighted by Crippen LogP contribution is 2.11. The molecule has 0 unspecified atom stereocenters. The Morgan fingerprint density at radius 1 is 1.17 bits per heavy atom. The number of carbonyl (C=O) groups is 2. The second-order valence-electron chi connectivity index (χ2n) is 4.05. The third kappa shape index (κ3) is 2.82. The van der Waals surface area contributed by atoms with Crippen LogP contribution in [0.1, 0.15) is 16.8 Å². The topological polar surface area (TPSA) is 49.4 Å². The monoisotopic (exact) mass is 254 g/mol. The van der Waals surface area contributed by atoms with E-state index < -0.39 is 17.5 Å². The molecule has 0 spiro atoms. The number of carbonyl (C=O) groups excluding carboxylic acids is 2. The average molecular weight is 254 g/mol. The van der Waals surface area contributed by atoms with Crippen molar-refractivity contribution in [2.24, 2.45) is 0 Å². The fourth-order valence-corrected chi connectivity index (χ4v) is 1.83. The first-order chi connectivity index (χ1) is 8.56. The van der Waals surface area contributed by atoms with Crippen molar-refractivity contribution < 1.29 is 18.4 Å². The highest BCUT2D eigenvalue weighted by Gasteiger charge is 2.20. The molecule has 0 radical (unpaired) electrons. The fourth-order valence-electron chi connectivity index (χ4n) is 1.83. The first kappa shape index (κ1) is 12.5. The van der Waals surface area contributed by atoms with Crippen LogP contribution in [-0.4, -0.2) is 36.3 Å². The first-order valence-electron chi connectivity index (χ1n) is 5.58. The molecule has 4 nitrogen and oxygen atoms in total. The third-order valence-electron chi connectivity index (χ3n) is 2.71. The summed E-state index contributed by atoms with van der Waals surface area (Å²) in [4.78, 5) is 24.6. The predicted molar refractivity (Wildman–Crippen MR) is 59.9 cm³/mol. The maximum Gasteiger partial charge on any atom is 0.254 e. The van der Waals surface area contributed by atoms with Crippen LogP contribution in [0.2, 0.25) is 0 Å². The molecule has 2 rings (SSSR count). The molecule has 1 heterocycles. The Hall–Kier alpha value is -1.98. The normalized spacial score (nSPS) is 16.1. The summed E-state index contributed by atoms with van der Waals surface area (Å²) in [5, 5.41) is 2.62. The molecule has 0 saturated carbocycles. The van der Waals surface area contributed by atoms with Crippen LogP contribution in [0.4, 0.5) is 8.78 Å². The Balaban J connectivity index is 2.17. The molecule has 1 fully saturated rings. The van der Waals surface area contributed by atoms with E-state index in [4.69, 9.17) is 0 Å². The first-order valence-corrected chi connectivity index (χ1v) is 5.58. The highest BCUT2D eigenvalue weighted by atomic mass is 19.1. The minimum Gasteiger partial charge on any atom is -0.354 e. The minimum absolute atomic E-state index is 0.0400. The van der Waals surface area contributed by atoms with Crippen LogP contribution in [0, 0.1) is 11.6 Å². The molecule has 0 aliphatic carbocycles. The molecular formula is C12H12F2N2O2. The number of nitrogens with one attached hydrogen (secondary N) is 1. The Bertz CT molecular complexity index is 471. The summed E-state index contributed by atoms with van der Waals surface area (Å²) in [6.45, 7) is 0.938. The van der Waals surface area contributed by atoms with E-state index in [1.54, 1.807) is 0 Å². The van der Waals surface area contributed by atoms with Gasteiger partial charge in [-0.15, -0.1) is 0 Å². The Labute approximate surface area is 103 Å². The summed E-state index contributed by atoms with van der Waals surface area (Å²) in [7, 11) is 0. The second-order valence-corrected chi connectivity index (χ2v) is 4.05. The van der Waals surface area contributed by atoms with Crippen molar-refractivity contribution in [2.75, 3.05) is 19.6 Å². The fraction of sp³-hybridized carbons (Fsp3) is 0.333. The molecular weight excluding hydrogens is 242 g/mol. The molecule has 1 aliphatic heterocycles. The molecule has 0 aromatic heterocycles. The van der Waals surface area contributed by atoms with Gasteiger partial charge in [0.25, 0.3) is 5.91 Å². The van der Waals surface area contributed by atoms with Crippen molar-refractivity contribution in [1.29, 1.82) is 0 Å². The van der Waals surface area contributed by atoms with Crippen molar-refractivity contribution in [3.8, 4) is 0 Å². The van der Waals surface area contributed by atoms with E-state index in [1.165, 1.54) is 4.90 Å². The van der Waals surface area contributed by atoms with Gasteiger partial charge in [0.2, 0.25) is 5.91 Å². The van der Waals surface area contributed by atoms with Gasteiger partial charge in [-0.1, -0.05) is 0 Å². The van der Waals surface area contributed by atoms with Gasteiger partial charge in [0.05, 0.1) is 0 Å². The van der Waals surface area contributed by atoms with Crippen molar-refractivity contribution in [2.45, 2.75) is 6.42 Å². The molecule has 0 bridgehead atoms. The third-order valence-corrected chi connectivity index (χ3v) is 2.71. The number of rotatable bonds is 1. The molecule has 96 valence electrons. The number of benzene rings is 1. The van der Waals surface area contributed by atoms with E-state index in [2.05, 4.69) is 5.32 Å². The number of hydrogen-bond donors (Lipinski definition) is 1. The summed E-state index contributed by atoms with van der Waals surface area (Å²) in [6, 6.07) is 2.70. The molecule has 1 aromatic rings. The average Bonchev–Trinajstić information content (AvgIpc) is 2.52. The number of amides is 2. The van der Waals surface area contributed by atoms with E-state index in [0.717, 1.165) is 12.1 Å². The number of nitrogens with zero attached hydrogens (tertiary/aromatic N) is 1. The van der Waals surface area contributed by atoms with Gasteiger partial charge in [-0.25, -0.2) is 8.78 Å². The van der Waals surface area contributed by atoms with Crippen LogP contribution in [0.5, 0.6) is 0 Å². The lowest BCUT2D eigenvalue weighted by molar-refractivity contribution is -0.120. The zero-order chi connectivity index (χ0) is 13.1. The van der Waals surface area contributed by atoms with Gasteiger partial charge in [0.15, 0.2) is 0 Å². The second kappa shape index (κ2) is 5.12. The lowest BCUT2D eigenvalue weighted by Crippen LogP contribution is -2.34. The van der Waals surface area contributed by atoms with E-state index in [9.17, 15) is 18.4 Å². The maximum atomic E-state index is 13.0. The van der Waals surface area contributed by atoms with Crippen LogP contribution in [-0.2, 0) is 4.79 Å². The van der Waals surface area contributed by atoms with Crippen LogP contribution in [0.15, 0.2) is 18.2 Å². The van der Waals surface area contributed by atoms with E-state index in [-0.39, 0.29) is 24.4 Å². The van der Waals surface area contributed by atoms with E-state index in [0.29, 0.717) is 19.2 Å². The van der Waals surface area contributed by atoms with Crippen LogP contribution < -0.4 is 5.32 Å². The smallest absolute Gasteiger partial charge is 0.254 e. The Kier molecular flexibility index (Phi) is 3.55. The van der Waals surface area contributed by atoms with E-state index >= 15 is 0 Å². The molecule has 1 N–H and O–H groups in total. The molecule has 6 heteroatoms. The summed E-state index contributed by atoms with van der Waals surface area (Å²) < 4.78 is 26.0. The van der Waals surface area contributed by atoms with Crippen molar-refractivity contribution >= 4 is 11.8 Å². The summed E-state index contributed by atoms with van der Waals surface area (Å²) in [6.07, 6.45) is 0.198. The zero-order valence-electron chi connectivity index (χ0n) is 9.58. The van der Waals surface area contributed by atoms with Crippen molar-refractivity contribution in [3.05, 3.63) is 35.4 Å². The zero-order valence-corrected chi connectivity index (χ0v) is 9.58. The van der Waals surface area contributed by atoms with Gasteiger partial charge in [0, 0.05) is 37.7 Å². The minimum atomic E-state index is -0.789. The van der Waals surface area contributed by atoms with Gasteiger partial charge in [-0.3, -0.25) is 9.59 Å². The van der Waals surface area contributed by atoms with Crippen molar-refractivity contribution in [1.82, 2.24) is 10.2 Å². The summed E-state index contributed by atoms with van der Waals surface area (Å²) in [5.41, 5.74) is -0.0400. The lowest BCUT2D eigenvalue weighted by Gasteiger charge is -2.19. The Morgan fingerprint density at radius 3 is 2.50 bits per heavy atom. The van der Waals surface area contributed by atoms with Gasteiger partial charge in [-0.2, -0.15) is 0 Å². The van der Waals surface area contributed by atoms with Crippen LogP contribution >= 0.6 is 0 Å². The molecule has 1 aromatic carbocycles. The van der Waals surface area contributed by atoms with Crippen molar-refractivity contribution in [3.63, 3.8) is 0 Å². The molecule has 1 aliphatic rings. The Morgan fingerprint density at radius 2 is 1.83 bits per heavy atom. The molecule has 2 amide bonds. The molecule has 1 saturated heterocycles. The van der Waals surface area contributed by atoms with Crippen LogP contribution in [0.25, 0.3) is 0 Å². The van der Waals surface area contributed by atoms with Gasteiger partial charge < -0.3 is 10.2 Å². The highest BCUT2D eigenvalue weighted by molar-refractivity contribution is 5.94. The quantitative estimate of drug-likeness (QED) is 0.810. The number of halogens is 2. The molecule has 0 atom stereocenters.